The molecule has 1 aromatic heterocycles. The quantitative estimate of drug-likeness (QED) is 0.764. The Hall–Kier alpha value is -2.30. The molecule has 4 aliphatic rings. The molecule has 0 aromatic carbocycles. The number of hydrogen-bond donors (Lipinski definition) is 1. The second-order valence-electron chi connectivity index (χ2n) is 9.44. The third kappa shape index (κ3) is 3.23. The maximum atomic E-state index is 12.9. The van der Waals surface area contributed by atoms with Crippen molar-refractivity contribution in [1.82, 2.24) is 24.9 Å². The van der Waals surface area contributed by atoms with E-state index in [1.807, 2.05) is 4.90 Å². The Morgan fingerprint density at radius 1 is 1.27 bits per heavy atom. The zero-order valence-corrected chi connectivity index (χ0v) is 16.7. The van der Waals surface area contributed by atoms with E-state index < -0.39 is 17.4 Å². The predicted molar refractivity (Wildman–Crippen MR) is 97.3 cm³/mol. The summed E-state index contributed by atoms with van der Waals surface area (Å²) in [6.45, 7) is 2.80. The first-order valence-electron chi connectivity index (χ1n) is 10.1. The molecule has 1 aliphatic carbocycles. The summed E-state index contributed by atoms with van der Waals surface area (Å²) < 4.78 is 44.9. The second kappa shape index (κ2) is 6.35. The van der Waals surface area contributed by atoms with Gasteiger partial charge in [0, 0.05) is 38.6 Å². The van der Waals surface area contributed by atoms with E-state index in [1.165, 1.54) is 7.05 Å². The van der Waals surface area contributed by atoms with Gasteiger partial charge in [0.15, 0.2) is 0 Å². The number of rotatable bonds is 2. The van der Waals surface area contributed by atoms with E-state index >= 15 is 0 Å². The van der Waals surface area contributed by atoms with Crippen LogP contribution >= 0.6 is 0 Å². The number of amides is 3. The van der Waals surface area contributed by atoms with Gasteiger partial charge in [-0.2, -0.15) is 18.3 Å². The van der Waals surface area contributed by atoms with Crippen LogP contribution in [0.25, 0.3) is 0 Å². The monoisotopic (exact) mass is 427 g/mol. The lowest BCUT2D eigenvalue weighted by Gasteiger charge is -2.61. The molecule has 1 N–H and O–H groups in total. The fourth-order valence-corrected chi connectivity index (χ4v) is 5.55. The van der Waals surface area contributed by atoms with Crippen LogP contribution in [0.3, 0.4) is 0 Å². The number of carbonyl (C=O) groups excluding carboxylic acids is 2. The molecule has 8 nitrogen and oxygen atoms in total. The van der Waals surface area contributed by atoms with Gasteiger partial charge in [0.25, 0.3) is 0 Å². The van der Waals surface area contributed by atoms with Crippen molar-refractivity contribution in [3.05, 3.63) is 17.5 Å². The van der Waals surface area contributed by atoms with Gasteiger partial charge in [-0.15, -0.1) is 0 Å². The summed E-state index contributed by atoms with van der Waals surface area (Å²) in [7, 11) is 1.31. The predicted octanol–water partition coefficient (Wildman–Crippen LogP) is 1.01. The van der Waals surface area contributed by atoms with Gasteiger partial charge < -0.3 is 19.9 Å². The molecule has 0 unspecified atom stereocenters. The van der Waals surface area contributed by atoms with E-state index in [0.717, 1.165) is 23.6 Å². The van der Waals surface area contributed by atoms with Crippen LogP contribution in [0.15, 0.2) is 6.07 Å². The molecule has 164 valence electrons. The molecule has 0 atom stereocenters. The number of nitrogens with one attached hydrogen (secondary N) is 1. The highest BCUT2D eigenvalue weighted by Gasteiger charge is 2.56. The van der Waals surface area contributed by atoms with Crippen LogP contribution < -0.4 is 5.32 Å². The summed E-state index contributed by atoms with van der Waals surface area (Å²) >= 11 is 0. The molecule has 4 fully saturated rings. The van der Waals surface area contributed by atoms with Crippen molar-refractivity contribution in [3.8, 4) is 0 Å². The lowest BCUT2D eigenvalue weighted by Crippen LogP contribution is -2.78. The number of likely N-dealkylation sites (tertiary alicyclic amines) is 2. The fraction of sp³-hybridized carbons (Fsp3) is 0.737. The maximum absolute atomic E-state index is 12.9. The van der Waals surface area contributed by atoms with Crippen LogP contribution in [0.5, 0.6) is 0 Å². The largest absolute Gasteiger partial charge is 0.433 e. The van der Waals surface area contributed by atoms with E-state index in [1.54, 1.807) is 4.90 Å². The fourth-order valence-electron chi connectivity index (χ4n) is 5.55. The topological polar surface area (TPSA) is 79.7 Å². The number of urea groups is 1. The summed E-state index contributed by atoms with van der Waals surface area (Å²) in [5, 5.41) is 6.92. The van der Waals surface area contributed by atoms with Gasteiger partial charge in [-0.1, -0.05) is 0 Å². The first kappa shape index (κ1) is 19.7. The first-order chi connectivity index (χ1) is 14.1. The average molecular weight is 427 g/mol. The number of ether oxygens (including phenoxy) is 1. The van der Waals surface area contributed by atoms with Crippen molar-refractivity contribution in [2.45, 2.75) is 31.0 Å². The highest BCUT2D eigenvalue weighted by atomic mass is 19.4. The number of aryl methyl sites for hydroxylation is 1. The lowest BCUT2D eigenvalue weighted by molar-refractivity contribution is -0.144. The van der Waals surface area contributed by atoms with Crippen molar-refractivity contribution < 1.29 is 27.5 Å². The molecular weight excluding hydrogens is 403 g/mol. The molecule has 1 saturated carbocycles. The Kier molecular flexibility index (Phi) is 4.16. The van der Waals surface area contributed by atoms with Crippen molar-refractivity contribution in [2.75, 3.05) is 39.4 Å². The molecular formula is C19H24F3N5O3. The van der Waals surface area contributed by atoms with Crippen molar-refractivity contribution >= 4 is 11.9 Å². The number of aromatic nitrogens is 2. The van der Waals surface area contributed by atoms with Gasteiger partial charge in [-0.25, -0.2) is 4.79 Å². The van der Waals surface area contributed by atoms with Crippen LogP contribution in [0.2, 0.25) is 0 Å². The first-order valence-corrected chi connectivity index (χ1v) is 10.1. The van der Waals surface area contributed by atoms with Gasteiger partial charge in [-0.05, 0) is 31.2 Å². The zero-order chi connectivity index (χ0) is 21.3. The standard InChI is InChI=1S/C19H24F3N5O3/c1-25-14(19(20,21)22)3-13(24-25)2-12-4-17(5-12)7-26(8-17)16(29)27-9-18(10-27)11-30-6-15(28)23-18/h3,12H,2,4-11H2,1H3,(H,23,28). The molecule has 5 rings (SSSR count). The minimum Gasteiger partial charge on any atom is -0.369 e. The summed E-state index contributed by atoms with van der Waals surface area (Å²) in [5.74, 6) is 0.159. The highest BCUT2D eigenvalue weighted by Crippen LogP contribution is 2.53. The normalized spacial score (nSPS) is 25.0. The molecule has 0 bridgehead atoms. The SMILES string of the molecule is Cn1nc(CC2CC3(C2)CN(C(=O)N2CC4(COCC(=O)N4)C2)C3)cc1C(F)(F)F. The number of halogens is 3. The van der Waals surface area contributed by atoms with Gasteiger partial charge in [0.05, 0.1) is 17.8 Å². The Labute approximate surface area is 171 Å². The summed E-state index contributed by atoms with van der Waals surface area (Å²) in [6.07, 6.45) is -2.04. The van der Waals surface area contributed by atoms with Crippen LogP contribution in [0.1, 0.15) is 24.2 Å². The molecule has 11 heteroatoms. The molecule has 30 heavy (non-hydrogen) atoms. The van der Waals surface area contributed by atoms with E-state index in [-0.39, 0.29) is 24.0 Å². The highest BCUT2D eigenvalue weighted by molar-refractivity contribution is 5.81. The van der Waals surface area contributed by atoms with Gasteiger partial charge in [0.2, 0.25) is 5.91 Å². The van der Waals surface area contributed by atoms with E-state index in [0.29, 0.717) is 50.8 Å². The summed E-state index contributed by atoms with van der Waals surface area (Å²) in [4.78, 5) is 27.7. The van der Waals surface area contributed by atoms with Crippen LogP contribution in [-0.4, -0.2) is 76.5 Å². The number of alkyl halides is 3. The maximum Gasteiger partial charge on any atom is 0.433 e. The summed E-state index contributed by atoms with van der Waals surface area (Å²) in [6, 6.07) is 1.11. The van der Waals surface area contributed by atoms with E-state index in [9.17, 15) is 22.8 Å². The third-order valence-electron chi connectivity index (χ3n) is 6.76. The summed E-state index contributed by atoms with van der Waals surface area (Å²) in [5.41, 5.74) is -0.585. The number of carbonyl (C=O) groups is 2. The minimum atomic E-state index is -4.39. The molecule has 4 heterocycles. The van der Waals surface area contributed by atoms with Gasteiger partial charge in [0.1, 0.15) is 12.3 Å². The van der Waals surface area contributed by atoms with Crippen LogP contribution in [0.4, 0.5) is 18.0 Å². The van der Waals surface area contributed by atoms with E-state index in [2.05, 4.69) is 10.4 Å². The van der Waals surface area contributed by atoms with E-state index in [4.69, 9.17) is 4.74 Å². The lowest BCUT2D eigenvalue weighted by atomic mass is 9.57. The Bertz CT molecular complexity index is 878. The molecule has 2 spiro atoms. The average Bonchev–Trinajstić information content (AvgIpc) is 2.93. The zero-order valence-electron chi connectivity index (χ0n) is 16.7. The Balaban J connectivity index is 1.08. The number of morpholine rings is 1. The number of hydrogen-bond acceptors (Lipinski definition) is 4. The number of nitrogens with zero attached hydrogens (tertiary/aromatic N) is 4. The van der Waals surface area contributed by atoms with Crippen LogP contribution in [-0.2, 0) is 29.2 Å². The molecule has 3 saturated heterocycles. The van der Waals surface area contributed by atoms with Gasteiger partial charge >= 0.3 is 12.2 Å². The molecule has 0 radical (unpaired) electrons. The van der Waals surface area contributed by atoms with Crippen molar-refractivity contribution in [3.63, 3.8) is 0 Å². The van der Waals surface area contributed by atoms with Crippen LogP contribution in [0, 0.1) is 11.3 Å². The third-order valence-corrected chi connectivity index (χ3v) is 6.76. The second-order valence-corrected chi connectivity index (χ2v) is 9.44. The van der Waals surface area contributed by atoms with Gasteiger partial charge in [-0.3, -0.25) is 9.48 Å². The Morgan fingerprint density at radius 2 is 1.93 bits per heavy atom. The van der Waals surface area contributed by atoms with Crippen molar-refractivity contribution in [1.29, 1.82) is 0 Å². The van der Waals surface area contributed by atoms with Crippen molar-refractivity contribution in [2.24, 2.45) is 18.4 Å². The molecule has 3 aliphatic heterocycles. The Morgan fingerprint density at radius 3 is 2.53 bits per heavy atom. The minimum absolute atomic E-state index is 0.0194. The molecule has 3 amide bonds. The molecule has 1 aromatic rings. The smallest absolute Gasteiger partial charge is 0.369 e.